The van der Waals surface area contributed by atoms with E-state index in [1.807, 2.05) is 39.8 Å². The number of aryl methyl sites for hydroxylation is 2. The molecule has 0 saturated heterocycles. The summed E-state index contributed by atoms with van der Waals surface area (Å²) in [5, 5.41) is 4.47. The topological polar surface area (TPSA) is 95.0 Å². The van der Waals surface area contributed by atoms with Crippen LogP contribution in [-0.4, -0.2) is 34.3 Å². The summed E-state index contributed by atoms with van der Waals surface area (Å²) in [7, 11) is -3.74. The first kappa shape index (κ1) is 18.4. The molecule has 0 aromatic carbocycles. The summed E-state index contributed by atoms with van der Waals surface area (Å²) in [5.74, 6) is 0.631. The second-order valence-electron chi connectivity index (χ2n) is 6.51. The van der Waals surface area contributed by atoms with Crippen molar-refractivity contribution < 1.29 is 12.8 Å². The normalized spacial score (nSPS) is 13.4. The van der Waals surface area contributed by atoms with Gasteiger partial charge in [-0.15, -0.1) is 0 Å². The van der Waals surface area contributed by atoms with Crippen molar-refractivity contribution in [2.45, 2.75) is 44.8 Å². The molecule has 8 nitrogen and oxygen atoms in total. The highest BCUT2D eigenvalue weighted by molar-refractivity contribution is 7.89. The smallest absolute Gasteiger partial charge is 0.259 e. The summed E-state index contributed by atoms with van der Waals surface area (Å²) >= 11 is 0. The van der Waals surface area contributed by atoms with Gasteiger partial charge >= 0.3 is 0 Å². The number of nitrogens with zero attached hydrogens (tertiary/aromatic N) is 4. The highest BCUT2D eigenvalue weighted by atomic mass is 32.2. The van der Waals surface area contributed by atoms with Crippen molar-refractivity contribution in [3.05, 3.63) is 54.1 Å². The second kappa shape index (κ2) is 7.08. The van der Waals surface area contributed by atoms with Gasteiger partial charge in [-0.3, -0.25) is 4.68 Å². The van der Waals surface area contributed by atoms with Gasteiger partial charge in [-0.25, -0.2) is 18.1 Å². The molecule has 0 fully saturated rings. The average molecular weight is 377 g/mol. The Morgan fingerprint density at radius 1 is 1.31 bits per heavy atom. The summed E-state index contributed by atoms with van der Waals surface area (Å²) in [4.78, 5) is 4.01. The Balaban J connectivity index is 1.84. The quantitative estimate of drug-likeness (QED) is 0.682. The van der Waals surface area contributed by atoms with E-state index in [1.54, 1.807) is 21.6 Å². The van der Waals surface area contributed by atoms with Crippen LogP contribution in [0.2, 0.25) is 0 Å². The number of aromatic nitrogens is 4. The molecular weight excluding hydrogens is 354 g/mol. The minimum Gasteiger partial charge on any atom is -0.467 e. The molecule has 0 radical (unpaired) electrons. The Hall–Kier alpha value is -2.39. The SMILES string of the molecule is Cc1cc(C)n(C(CNS(=O)(=O)c2cn(C(C)C)cn2)c2ccco2)n1. The van der Waals surface area contributed by atoms with E-state index in [4.69, 9.17) is 4.42 Å². The zero-order valence-electron chi connectivity index (χ0n) is 15.2. The van der Waals surface area contributed by atoms with Crippen LogP contribution < -0.4 is 4.72 Å². The molecule has 9 heteroatoms. The Bertz CT molecular complexity index is 970. The molecule has 3 heterocycles. The molecule has 26 heavy (non-hydrogen) atoms. The fraction of sp³-hybridized carbons (Fsp3) is 0.412. The maximum Gasteiger partial charge on any atom is 0.259 e. The van der Waals surface area contributed by atoms with Crippen molar-refractivity contribution in [2.24, 2.45) is 0 Å². The van der Waals surface area contributed by atoms with E-state index in [2.05, 4.69) is 14.8 Å². The van der Waals surface area contributed by atoms with Crippen LogP contribution in [0.5, 0.6) is 0 Å². The maximum atomic E-state index is 12.6. The van der Waals surface area contributed by atoms with Crippen molar-refractivity contribution in [3.8, 4) is 0 Å². The predicted octanol–water partition coefficient (Wildman–Crippen LogP) is 2.44. The minimum atomic E-state index is -3.74. The fourth-order valence-electron chi connectivity index (χ4n) is 2.75. The molecule has 3 aromatic rings. The Morgan fingerprint density at radius 2 is 2.08 bits per heavy atom. The molecular formula is C17H23N5O3S. The van der Waals surface area contributed by atoms with E-state index in [0.29, 0.717) is 5.76 Å². The zero-order valence-corrected chi connectivity index (χ0v) is 16.1. The average Bonchev–Trinajstić information content (AvgIpc) is 3.29. The first-order chi connectivity index (χ1) is 12.3. The van der Waals surface area contributed by atoms with Crippen LogP contribution in [0.1, 0.15) is 43.1 Å². The van der Waals surface area contributed by atoms with Crippen LogP contribution in [-0.2, 0) is 10.0 Å². The molecule has 0 amide bonds. The summed E-state index contributed by atoms with van der Waals surface area (Å²) in [5.41, 5.74) is 1.78. The highest BCUT2D eigenvalue weighted by Crippen LogP contribution is 2.21. The van der Waals surface area contributed by atoms with Gasteiger partial charge in [0.25, 0.3) is 10.0 Å². The lowest BCUT2D eigenvalue weighted by Crippen LogP contribution is -2.32. The van der Waals surface area contributed by atoms with Crippen LogP contribution in [0.3, 0.4) is 0 Å². The Morgan fingerprint density at radius 3 is 2.62 bits per heavy atom. The van der Waals surface area contributed by atoms with Crippen molar-refractivity contribution in [3.63, 3.8) is 0 Å². The molecule has 0 aliphatic heterocycles. The van der Waals surface area contributed by atoms with Crippen molar-refractivity contribution >= 4 is 10.0 Å². The third kappa shape index (κ3) is 3.73. The third-order valence-corrected chi connectivity index (χ3v) is 5.44. The van der Waals surface area contributed by atoms with Gasteiger partial charge in [0.15, 0.2) is 5.03 Å². The Kier molecular flexibility index (Phi) is 5.01. The number of rotatable bonds is 7. The van der Waals surface area contributed by atoms with Gasteiger partial charge in [-0.2, -0.15) is 5.10 Å². The molecule has 0 aliphatic rings. The van der Waals surface area contributed by atoms with Gasteiger partial charge < -0.3 is 8.98 Å². The number of imidazole rings is 1. The molecule has 0 bridgehead atoms. The summed E-state index contributed by atoms with van der Waals surface area (Å²) in [6.07, 6.45) is 4.61. The summed E-state index contributed by atoms with van der Waals surface area (Å²) in [6, 6.07) is 5.27. The van der Waals surface area contributed by atoms with E-state index in [-0.39, 0.29) is 23.7 Å². The van der Waals surface area contributed by atoms with Gasteiger partial charge in [0, 0.05) is 24.5 Å². The van der Waals surface area contributed by atoms with Crippen molar-refractivity contribution in [1.82, 2.24) is 24.1 Å². The molecule has 3 rings (SSSR count). The first-order valence-electron chi connectivity index (χ1n) is 8.37. The van der Waals surface area contributed by atoms with E-state index in [0.717, 1.165) is 11.4 Å². The largest absolute Gasteiger partial charge is 0.467 e. The lowest BCUT2D eigenvalue weighted by molar-refractivity contribution is 0.396. The minimum absolute atomic E-state index is 0.00207. The number of nitrogens with one attached hydrogen (secondary N) is 1. The zero-order chi connectivity index (χ0) is 18.9. The predicted molar refractivity (Wildman–Crippen MR) is 96.3 cm³/mol. The lowest BCUT2D eigenvalue weighted by atomic mass is 10.2. The van der Waals surface area contributed by atoms with Crippen LogP contribution >= 0.6 is 0 Å². The first-order valence-corrected chi connectivity index (χ1v) is 9.85. The maximum absolute atomic E-state index is 12.6. The fourth-order valence-corrected chi connectivity index (χ4v) is 3.72. The number of hydrogen-bond donors (Lipinski definition) is 1. The van der Waals surface area contributed by atoms with Crippen LogP contribution in [0, 0.1) is 13.8 Å². The van der Waals surface area contributed by atoms with E-state index < -0.39 is 10.0 Å². The van der Waals surface area contributed by atoms with Crippen molar-refractivity contribution in [2.75, 3.05) is 6.54 Å². The van der Waals surface area contributed by atoms with Gasteiger partial charge in [-0.1, -0.05) is 0 Å². The molecule has 0 spiro atoms. The van der Waals surface area contributed by atoms with Gasteiger partial charge in [0.05, 0.1) is 18.3 Å². The third-order valence-electron chi connectivity index (χ3n) is 4.13. The molecule has 1 unspecified atom stereocenters. The van der Waals surface area contributed by atoms with E-state index in [9.17, 15) is 8.42 Å². The van der Waals surface area contributed by atoms with Gasteiger partial charge in [0.1, 0.15) is 11.8 Å². The molecule has 0 aliphatic carbocycles. The van der Waals surface area contributed by atoms with Crippen LogP contribution in [0.25, 0.3) is 0 Å². The molecule has 1 atom stereocenters. The second-order valence-corrected chi connectivity index (χ2v) is 8.22. The van der Waals surface area contributed by atoms with Crippen molar-refractivity contribution in [1.29, 1.82) is 0 Å². The summed E-state index contributed by atoms with van der Waals surface area (Å²) < 4.78 is 36.9. The lowest BCUT2D eigenvalue weighted by Gasteiger charge is -2.17. The molecule has 140 valence electrons. The highest BCUT2D eigenvalue weighted by Gasteiger charge is 2.24. The number of furan rings is 1. The molecule has 0 saturated carbocycles. The summed E-state index contributed by atoms with van der Waals surface area (Å²) in [6.45, 7) is 7.84. The van der Waals surface area contributed by atoms with Crippen LogP contribution in [0.15, 0.2) is 46.4 Å². The Labute approximate surface area is 152 Å². The van der Waals surface area contributed by atoms with Gasteiger partial charge in [-0.05, 0) is 45.9 Å². The van der Waals surface area contributed by atoms with Crippen LogP contribution in [0.4, 0.5) is 0 Å². The monoisotopic (exact) mass is 377 g/mol. The van der Waals surface area contributed by atoms with E-state index in [1.165, 1.54) is 12.5 Å². The van der Waals surface area contributed by atoms with Gasteiger partial charge in [0.2, 0.25) is 0 Å². The number of sulfonamides is 1. The molecule has 1 N–H and O–H groups in total. The standard InChI is InChI=1S/C17H23N5O3S/c1-12(2)21-10-17(18-11-21)26(23,24)19-9-15(16-6-5-7-25-16)22-14(4)8-13(3)20-22/h5-8,10-12,15,19H,9H2,1-4H3. The van der Waals surface area contributed by atoms with E-state index >= 15 is 0 Å². The molecule has 3 aromatic heterocycles. The number of hydrogen-bond acceptors (Lipinski definition) is 5.